The zero-order chi connectivity index (χ0) is 20.9. The topological polar surface area (TPSA) is 94.1 Å². The Kier molecular flexibility index (Phi) is 4.98. The Morgan fingerprint density at radius 1 is 1.28 bits per heavy atom. The Hall–Kier alpha value is -2.61. The number of nitrogens with zero attached hydrogens (tertiary/aromatic N) is 1. The van der Waals surface area contributed by atoms with Crippen molar-refractivity contribution in [2.45, 2.75) is 18.4 Å². The third kappa shape index (κ3) is 3.15. The first-order valence-corrected chi connectivity index (χ1v) is 9.49. The van der Waals surface area contributed by atoms with E-state index in [2.05, 4.69) is 0 Å². The van der Waals surface area contributed by atoms with Crippen molar-refractivity contribution in [1.82, 2.24) is 4.90 Å². The third-order valence-corrected chi connectivity index (χ3v) is 5.90. The predicted octanol–water partition coefficient (Wildman–Crippen LogP) is 3.44. The van der Waals surface area contributed by atoms with Crippen LogP contribution >= 0.6 is 11.6 Å². The number of aromatic hydroxyl groups is 2. The molecule has 3 N–H and O–H groups in total. The molecule has 6 nitrogen and oxygen atoms in total. The van der Waals surface area contributed by atoms with Gasteiger partial charge in [0.2, 0.25) is 0 Å². The van der Waals surface area contributed by atoms with E-state index in [1.54, 1.807) is 0 Å². The summed E-state index contributed by atoms with van der Waals surface area (Å²) in [5.74, 6) is -1.81. The molecule has 0 aliphatic carbocycles. The summed E-state index contributed by atoms with van der Waals surface area (Å²) < 4.78 is 20.3. The quantitative estimate of drug-likeness (QED) is 0.602. The highest BCUT2D eigenvalue weighted by Gasteiger charge is 2.36. The van der Waals surface area contributed by atoms with Gasteiger partial charge >= 0.3 is 0 Å². The van der Waals surface area contributed by atoms with Crippen LogP contribution in [0.15, 0.2) is 39.5 Å². The Morgan fingerprint density at radius 3 is 2.72 bits per heavy atom. The minimum Gasteiger partial charge on any atom is -0.507 e. The molecule has 0 bridgehead atoms. The van der Waals surface area contributed by atoms with E-state index in [-0.39, 0.29) is 51.6 Å². The summed E-state index contributed by atoms with van der Waals surface area (Å²) in [4.78, 5) is 14.7. The van der Waals surface area contributed by atoms with Crippen LogP contribution in [0, 0.1) is 5.82 Å². The summed E-state index contributed by atoms with van der Waals surface area (Å²) in [7, 11) is 1.85. The Balaban J connectivity index is 2.05. The Bertz CT molecular complexity index is 1140. The minimum absolute atomic E-state index is 0.0388. The van der Waals surface area contributed by atoms with Crippen LogP contribution in [0.25, 0.3) is 22.3 Å². The van der Waals surface area contributed by atoms with Crippen LogP contribution < -0.4 is 5.43 Å². The fourth-order valence-electron chi connectivity index (χ4n) is 4.15. The zero-order valence-corrected chi connectivity index (χ0v) is 16.3. The predicted molar refractivity (Wildman–Crippen MR) is 107 cm³/mol. The highest BCUT2D eigenvalue weighted by Crippen LogP contribution is 2.44. The number of halogens is 2. The molecule has 1 fully saturated rings. The molecule has 8 heteroatoms. The van der Waals surface area contributed by atoms with Crippen LogP contribution in [0.2, 0.25) is 5.02 Å². The number of phenols is 2. The molecule has 0 amide bonds. The van der Waals surface area contributed by atoms with Crippen molar-refractivity contribution in [2.75, 3.05) is 20.2 Å². The van der Waals surface area contributed by atoms with E-state index in [1.807, 2.05) is 11.9 Å². The molecule has 152 valence electrons. The van der Waals surface area contributed by atoms with Crippen molar-refractivity contribution in [3.05, 3.63) is 57.0 Å². The van der Waals surface area contributed by atoms with Gasteiger partial charge in [-0.1, -0.05) is 17.7 Å². The number of likely N-dealkylation sites (N-methyl/N-ethyl adjacent to an activating group) is 1. The first-order chi connectivity index (χ1) is 13.8. The summed E-state index contributed by atoms with van der Waals surface area (Å²) in [6, 6.07) is 5.95. The molecule has 29 heavy (non-hydrogen) atoms. The standard InChI is InChI=1S/C21H19ClFNO5/c1-24-6-5-10(13(24)9-25)18-14(26)7-15(27)20-16(28)8-17(29-21(18)20)19-11(22)3-2-4-12(19)23/h2-4,7-8,10,13,25-27H,5-6,9H2,1H3. The second-order valence-corrected chi connectivity index (χ2v) is 7.64. The maximum Gasteiger partial charge on any atom is 0.197 e. The number of fused-ring (bicyclic) bond motifs is 1. The number of aliphatic hydroxyl groups excluding tert-OH is 1. The number of aliphatic hydroxyl groups is 1. The van der Waals surface area contributed by atoms with Gasteiger partial charge in [-0.3, -0.25) is 4.79 Å². The van der Waals surface area contributed by atoms with Gasteiger partial charge in [-0.25, -0.2) is 4.39 Å². The summed E-state index contributed by atoms with van der Waals surface area (Å²) in [6.45, 7) is 0.507. The maximum absolute atomic E-state index is 14.4. The number of phenolic OH excluding ortho intramolecular Hbond substituents is 2. The molecule has 2 atom stereocenters. The zero-order valence-electron chi connectivity index (χ0n) is 15.5. The van der Waals surface area contributed by atoms with Gasteiger partial charge in [0.1, 0.15) is 34.0 Å². The smallest absolute Gasteiger partial charge is 0.197 e. The summed E-state index contributed by atoms with van der Waals surface area (Å²) in [6.07, 6.45) is 0.601. The summed E-state index contributed by atoms with van der Waals surface area (Å²) >= 11 is 6.12. The van der Waals surface area contributed by atoms with E-state index in [4.69, 9.17) is 16.0 Å². The molecule has 3 aromatic rings. The molecule has 0 radical (unpaired) electrons. The molecule has 0 saturated carbocycles. The molecule has 1 aliphatic rings. The number of benzene rings is 2. The molecular weight excluding hydrogens is 401 g/mol. The fourth-order valence-corrected chi connectivity index (χ4v) is 4.40. The second kappa shape index (κ2) is 7.33. The van der Waals surface area contributed by atoms with Crippen molar-refractivity contribution in [3.8, 4) is 22.8 Å². The van der Waals surface area contributed by atoms with E-state index in [1.165, 1.54) is 18.2 Å². The van der Waals surface area contributed by atoms with Crippen LogP contribution in [0.3, 0.4) is 0 Å². The largest absolute Gasteiger partial charge is 0.507 e. The monoisotopic (exact) mass is 419 g/mol. The lowest BCUT2D eigenvalue weighted by Crippen LogP contribution is -2.32. The number of likely N-dealkylation sites (tertiary alicyclic amines) is 1. The van der Waals surface area contributed by atoms with Crippen LogP contribution in [0.1, 0.15) is 17.9 Å². The van der Waals surface area contributed by atoms with Gasteiger partial charge in [0.25, 0.3) is 0 Å². The highest BCUT2D eigenvalue weighted by atomic mass is 35.5. The Morgan fingerprint density at radius 2 is 2.03 bits per heavy atom. The highest BCUT2D eigenvalue weighted by molar-refractivity contribution is 6.33. The van der Waals surface area contributed by atoms with Crippen molar-refractivity contribution in [2.24, 2.45) is 0 Å². The van der Waals surface area contributed by atoms with Crippen LogP contribution in [-0.2, 0) is 0 Å². The molecule has 4 rings (SSSR count). The summed E-state index contributed by atoms with van der Waals surface area (Å²) in [5.41, 5.74) is -0.411. The average molecular weight is 420 g/mol. The van der Waals surface area contributed by atoms with Crippen molar-refractivity contribution in [1.29, 1.82) is 0 Å². The molecule has 2 heterocycles. The van der Waals surface area contributed by atoms with E-state index < -0.39 is 17.0 Å². The SMILES string of the molecule is CN1CCC(c2c(O)cc(O)c3c(=O)cc(-c4c(F)cccc4Cl)oc23)C1CO. The van der Waals surface area contributed by atoms with E-state index >= 15 is 0 Å². The van der Waals surface area contributed by atoms with E-state index in [9.17, 15) is 24.5 Å². The minimum atomic E-state index is -0.667. The number of hydrogen-bond donors (Lipinski definition) is 3. The fraction of sp³-hybridized carbons (Fsp3) is 0.286. The van der Waals surface area contributed by atoms with Crippen LogP contribution in [-0.4, -0.2) is 46.5 Å². The van der Waals surface area contributed by atoms with Crippen molar-refractivity contribution in [3.63, 3.8) is 0 Å². The molecule has 0 spiro atoms. The van der Waals surface area contributed by atoms with Gasteiger partial charge in [0, 0.05) is 29.7 Å². The normalized spacial score (nSPS) is 19.9. The maximum atomic E-state index is 14.4. The van der Waals surface area contributed by atoms with Gasteiger partial charge in [-0.15, -0.1) is 0 Å². The van der Waals surface area contributed by atoms with Crippen molar-refractivity contribution >= 4 is 22.6 Å². The molecule has 2 unspecified atom stereocenters. The summed E-state index contributed by atoms with van der Waals surface area (Å²) in [5, 5.41) is 30.6. The van der Waals surface area contributed by atoms with Crippen LogP contribution in [0.5, 0.6) is 11.5 Å². The third-order valence-electron chi connectivity index (χ3n) is 5.59. The van der Waals surface area contributed by atoms with Gasteiger partial charge in [0.05, 0.1) is 17.2 Å². The molecule has 1 saturated heterocycles. The molecular formula is C21H19ClFNO5. The Labute approximate surface area is 170 Å². The van der Waals surface area contributed by atoms with Crippen molar-refractivity contribution < 1.29 is 24.1 Å². The first kappa shape index (κ1) is 19.7. The van der Waals surface area contributed by atoms with Gasteiger partial charge in [-0.2, -0.15) is 0 Å². The lowest BCUT2D eigenvalue weighted by atomic mass is 9.89. The number of rotatable bonds is 3. The van der Waals surface area contributed by atoms with Gasteiger partial charge < -0.3 is 24.6 Å². The lowest BCUT2D eigenvalue weighted by molar-refractivity contribution is 0.172. The second-order valence-electron chi connectivity index (χ2n) is 7.23. The van der Waals surface area contributed by atoms with Gasteiger partial charge in [0.15, 0.2) is 5.43 Å². The van der Waals surface area contributed by atoms with E-state index in [0.717, 1.165) is 12.1 Å². The van der Waals surface area contributed by atoms with E-state index in [0.29, 0.717) is 18.5 Å². The lowest BCUT2D eigenvalue weighted by Gasteiger charge is -2.24. The average Bonchev–Trinajstić information content (AvgIpc) is 3.01. The molecule has 1 aromatic heterocycles. The number of hydrogen-bond acceptors (Lipinski definition) is 6. The molecule has 1 aliphatic heterocycles. The van der Waals surface area contributed by atoms with Crippen LogP contribution in [0.4, 0.5) is 4.39 Å². The molecule has 2 aromatic carbocycles. The first-order valence-electron chi connectivity index (χ1n) is 9.11. The van der Waals surface area contributed by atoms with Gasteiger partial charge in [-0.05, 0) is 32.1 Å².